The zero-order valence-corrected chi connectivity index (χ0v) is 10.5. The van der Waals surface area contributed by atoms with Crippen molar-refractivity contribution in [1.82, 2.24) is 5.32 Å². The first-order valence-electron chi connectivity index (χ1n) is 5.77. The molecule has 0 radical (unpaired) electrons. The van der Waals surface area contributed by atoms with E-state index in [0.29, 0.717) is 6.42 Å². The van der Waals surface area contributed by atoms with Gasteiger partial charge in [0.15, 0.2) is 0 Å². The highest BCUT2D eigenvalue weighted by Gasteiger charge is 2.19. The lowest BCUT2D eigenvalue weighted by molar-refractivity contribution is 0.0931. The van der Waals surface area contributed by atoms with Gasteiger partial charge in [-0.05, 0) is 18.6 Å². The number of rotatable bonds is 5. The highest BCUT2D eigenvalue weighted by Crippen LogP contribution is 2.26. The number of nitrogens with zero attached hydrogens (tertiary/aromatic N) is 1. The Morgan fingerprint density at radius 2 is 2.00 bits per heavy atom. The van der Waals surface area contributed by atoms with Gasteiger partial charge in [0.1, 0.15) is 22.9 Å². The van der Waals surface area contributed by atoms with Gasteiger partial charge >= 0.3 is 0 Å². The van der Waals surface area contributed by atoms with Crippen LogP contribution in [-0.4, -0.2) is 33.2 Å². The van der Waals surface area contributed by atoms with Crippen LogP contribution < -0.4 is 11.1 Å². The molecule has 0 fully saturated rings. The second kappa shape index (κ2) is 6.48. The summed E-state index contributed by atoms with van der Waals surface area (Å²) in [5.74, 6) is -1.24. The van der Waals surface area contributed by atoms with E-state index >= 15 is 0 Å². The zero-order valence-electron chi connectivity index (χ0n) is 10.5. The molecule has 0 heterocycles. The van der Waals surface area contributed by atoms with Crippen LogP contribution in [0.3, 0.4) is 0 Å². The van der Waals surface area contributed by atoms with Gasteiger partial charge in [0.05, 0.1) is 0 Å². The highest BCUT2D eigenvalue weighted by atomic mass is 16.4. The van der Waals surface area contributed by atoms with E-state index in [1.54, 1.807) is 0 Å². The summed E-state index contributed by atoms with van der Waals surface area (Å²) in [5.41, 5.74) is 5.18. The Balaban J connectivity index is 2.83. The smallest absolute Gasteiger partial charge is 0.259 e. The largest absolute Gasteiger partial charge is 0.507 e. The molecule has 1 aromatic carbocycles. The average Bonchev–Trinajstić information content (AvgIpc) is 2.37. The normalized spacial score (nSPS) is 13.0. The van der Waals surface area contributed by atoms with Crippen molar-refractivity contribution in [3.63, 3.8) is 0 Å². The van der Waals surface area contributed by atoms with Crippen molar-refractivity contribution in [3.8, 4) is 11.5 Å². The summed E-state index contributed by atoms with van der Waals surface area (Å²) < 4.78 is 0. The molecule has 0 saturated heterocycles. The first-order chi connectivity index (χ1) is 8.99. The molecule has 1 aromatic rings. The van der Waals surface area contributed by atoms with E-state index in [2.05, 4.69) is 10.5 Å². The van der Waals surface area contributed by atoms with Crippen LogP contribution in [0.1, 0.15) is 30.1 Å². The number of phenols is 2. The van der Waals surface area contributed by atoms with Crippen molar-refractivity contribution in [2.24, 2.45) is 10.9 Å². The van der Waals surface area contributed by atoms with Gasteiger partial charge in [-0.3, -0.25) is 4.79 Å². The van der Waals surface area contributed by atoms with Gasteiger partial charge in [-0.1, -0.05) is 18.1 Å². The zero-order chi connectivity index (χ0) is 14.4. The number of carbonyl (C=O) groups excluding carboxylic acids is 1. The Kier molecular flexibility index (Phi) is 4.99. The molecule has 19 heavy (non-hydrogen) atoms. The molecule has 1 amide bonds. The molecule has 1 atom stereocenters. The molecule has 0 saturated carbocycles. The molecule has 7 nitrogen and oxygen atoms in total. The van der Waals surface area contributed by atoms with Crippen LogP contribution >= 0.6 is 0 Å². The maximum absolute atomic E-state index is 12.0. The fourth-order valence-electron chi connectivity index (χ4n) is 1.61. The molecule has 1 unspecified atom stereocenters. The van der Waals surface area contributed by atoms with Crippen LogP contribution in [0.5, 0.6) is 11.5 Å². The van der Waals surface area contributed by atoms with Crippen molar-refractivity contribution in [3.05, 3.63) is 23.8 Å². The van der Waals surface area contributed by atoms with Gasteiger partial charge in [0.25, 0.3) is 5.91 Å². The highest BCUT2D eigenvalue weighted by molar-refractivity contribution is 5.99. The van der Waals surface area contributed by atoms with E-state index in [1.165, 1.54) is 18.2 Å². The molecular weight excluding hydrogens is 250 g/mol. The van der Waals surface area contributed by atoms with E-state index in [0.717, 1.165) is 0 Å². The molecule has 0 aliphatic heterocycles. The van der Waals surface area contributed by atoms with Crippen LogP contribution in [0, 0.1) is 0 Å². The molecule has 0 aliphatic rings. The fourth-order valence-corrected chi connectivity index (χ4v) is 1.61. The van der Waals surface area contributed by atoms with Gasteiger partial charge in [0.2, 0.25) is 0 Å². The number of oxime groups is 1. The maximum Gasteiger partial charge on any atom is 0.259 e. The number of aromatic hydroxyl groups is 2. The summed E-state index contributed by atoms with van der Waals surface area (Å²) in [6.07, 6.45) is 0.726. The van der Waals surface area contributed by atoms with Gasteiger partial charge in [-0.2, -0.15) is 0 Å². The Labute approximate surface area is 110 Å². The maximum atomic E-state index is 12.0. The quantitative estimate of drug-likeness (QED) is 0.233. The summed E-state index contributed by atoms with van der Waals surface area (Å²) in [6, 6.07) is 3.68. The molecule has 1 rings (SSSR count). The molecule has 104 valence electrons. The summed E-state index contributed by atoms with van der Waals surface area (Å²) in [7, 11) is 0. The number of nitrogens with two attached hydrogens (primary N) is 1. The molecule has 6 N–H and O–H groups in total. The second-order valence-electron chi connectivity index (χ2n) is 4.05. The van der Waals surface area contributed by atoms with Crippen LogP contribution in [0.4, 0.5) is 0 Å². The first-order valence-corrected chi connectivity index (χ1v) is 5.77. The topological polar surface area (TPSA) is 128 Å². The summed E-state index contributed by atoms with van der Waals surface area (Å²) in [5, 5.41) is 33.1. The Morgan fingerprint density at radius 3 is 2.47 bits per heavy atom. The summed E-state index contributed by atoms with van der Waals surface area (Å²) >= 11 is 0. The van der Waals surface area contributed by atoms with Crippen LogP contribution in [0.2, 0.25) is 0 Å². The lowest BCUT2D eigenvalue weighted by Gasteiger charge is -2.17. The summed E-state index contributed by atoms with van der Waals surface area (Å²) in [4.78, 5) is 12.0. The average molecular weight is 267 g/mol. The Hall–Kier alpha value is -2.44. The van der Waals surface area contributed by atoms with E-state index in [1.807, 2.05) is 6.92 Å². The number of hydrogen-bond donors (Lipinski definition) is 5. The first kappa shape index (κ1) is 14.6. The standard InChI is InChI=1S/C12H17N3O4/c1-2-7(6-10(13)15-19)14-12(18)11-8(16)4-3-5-9(11)17/h3-5,7,16-17,19H,2,6H2,1H3,(H2,13,15)(H,14,18). The Bertz CT molecular complexity index is 468. The fraction of sp³-hybridized carbons (Fsp3) is 0.333. The molecule has 0 aliphatic carbocycles. The van der Waals surface area contributed by atoms with Crippen molar-refractivity contribution in [1.29, 1.82) is 0 Å². The SMILES string of the molecule is CCC(C/C(N)=N/O)NC(=O)c1c(O)cccc1O. The van der Waals surface area contributed by atoms with E-state index in [-0.39, 0.29) is 35.4 Å². The predicted octanol–water partition coefficient (Wildman–Crippen LogP) is 0.743. The number of benzene rings is 1. The molecule has 0 bridgehead atoms. The number of hydrogen-bond acceptors (Lipinski definition) is 5. The minimum atomic E-state index is -0.617. The predicted molar refractivity (Wildman–Crippen MR) is 69.3 cm³/mol. The van der Waals surface area contributed by atoms with Gasteiger partial charge in [-0.15, -0.1) is 0 Å². The third kappa shape index (κ3) is 3.77. The number of amides is 1. The minimum Gasteiger partial charge on any atom is -0.507 e. The molecule has 7 heteroatoms. The minimum absolute atomic E-state index is 0.00587. The van der Waals surface area contributed by atoms with E-state index < -0.39 is 5.91 Å². The lowest BCUT2D eigenvalue weighted by atomic mass is 10.1. The monoisotopic (exact) mass is 267 g/mol. The van der Waals surface area contributed by atoms with Crippen molar-refractivity contribution < 1.29 is 20.2 Å². The second-order valence-corrected chi connectivity index (χ2v) is 4.05. The van der Waals surface area contributed by atoms with Crippen LogP contribution in [0.25, 0.3) is 0 Å². The number of carbonyl (C=O) groups is 1. The van der Waals surface area contributed by atoms with Crippen molar-refractivity contribution >= 4 is 11.7 Å². The molecule has 0 aromatic heterocycles. The number of phenolic OH excluding ortho intramolecular Hbond substituents is 2. The number of nitrogens with one attached hydrogen (secondary N) is 1. The number of amidine groups is 1. The van der Waals surface area contributed by atoms with Gasteiger partial charge < -0.3 is 26.5 Å². The lowest BCUT2D eigenvalue weighted by Crippen LogP contribution is -2.37. The van der Waals surface area contributed by atoms with Crippen LogP contribution in [-0.2, 0) is 0 Å². The van der Waals surface area contributed by atoms with Crippen LogP contribution in [0.15, 0.2) is 23.4 Å². The molecule has 0 spiro atoms. The van der Waals surface area contributed by atoms with E-state index in [9.17, 15) is 15.0 Å². The molecular formula is C12H17N3O4. The van der Waals surface area contributed by atoms with Crippen molar-refractivity contribution in [2.75, 3.05) is 0 Å². The van der Waals surface area contributed by atoms with E-state index in [4.69, 9.17) is 10.9 Å². The third-order valence-electron chi connectivity index (χ3n) is 2.66. The van der Waals surface area contributed by atoms with Crippen molar-refractivity contribution in [2.45, 2.75) is 25.8 Å². The van der Waals surface area contributed by atoms with Gasteiger partial charge in [-0.25, -0.2) is 0 Å². The summed E-state index contributed by atoms with van der Waals surface area (Å²) in [6.45, 7) is 1.82. The third-order valence-corrected chi connectivity index (χ3v) is 2.66. The Morgan fingerprint density at radius 1 is 1.42 bits per heavy atom. The van der Waals surface area contributed by atoms with Gasteiger partial charge in [0, 0.05) is 12.5 Å².